The van der Waals surface area contributed by atoms with E-state index in [9.17, 15) is 9.59 Å². The number of carbonyl (C=O) groups excluding carboxylic acids is 1. The molecule has 1 heterocycles. The lowest BCUT2D eigenvalue weighted by Gasteiger charge is -2.17. The second-order valence-electron chi connectivity index (χ2n) is 6.18. The van der Waals surface area contributed by atoms with Gasteiger partial charge in [0.2, 0.25) is 0 Å². The van der Waals surface area contributed by atoms with Gasteiger partial charge in [-0.05, 0) is 48.0 Å². The maximum absolute atomic E-state index is 12.8. The summed E-state index contributed by atoms with van der Waals surface area (Å²) in [6, 6.07) is 14.5. The number of aliphatic carboxylic acids is 1. The van der Waals surface area contributed by atoms with Gasteiger partial charge in [-0.3, -0.25) is 9.69 Å². The Balaban J connectivity index is 1.76. The highest BCUT2D eigenvalue weighted by Gasteiger charge is 2.33. The van der Waals surface area contributed by atoms with Gasteiger partial charge in [-0.1, -0.05) is 36.1 Å². The van der Waals surface area contributed by atoms with Gasteiger partial charge in [0.05, 0.1) is 10.6 Å². The molecule has 1 saturated heterocycles. The average molecular weight is 415 g/mol. The molecular weight excluding hydrogens is 396 g/mol. The smallest absolute Gasteiger partial charge is 0.341 e. The lowest BCUT2D eigenvalue weighted by molar-refractivity contribution is -0.139. The molecule has 0 aliphatic carbocycles. The molecule has 2 aromatic rings. The highest BCUT2D eigenvalue weighted by Crippen LogP contribution is 2.36. The second kappa shape index (κ2) is 8.45. The summed E-state index contributed by atoms with van der Waals surface area (Å²) in [5, 5.41) is 8.64. The van der Waals surface area contributed by atoms with Crippen molar-refractivity contribution in [2.24, 2.45) is 0 Å². The third-order valence-electron chi connectivity index (χ3n) is 3.96. The van der Waals surface area contributed by atoms with E-state index in [-0.39, 0.29) is 5.91 Å². The van der Waals surface area contributed by atoms with Crippen LogP contribution in [0, 0.1) is 0 Å². The Morgan fingerprint density at radius 2 is 1.82 bits per heavy atom. The van der Waals surface area contributed by atoms with Crippen LogP contribution in [0.15, 0.2) is 53.4 Å². The van der Waals surface area contributed by atoms with Gasteiger partial charge in [0.25, 0.3) is 5.91 Å². The van der Waals surface area contributed by atoms with E-state index in [2.05, 4.69) is 0 Å². The van der Waals surface area contributed by atoms with Gasteiger partial charge in [0, 0.05) is 19.8 Å². The summed E-state index contributed by atoms with van der Waals surface area (Å²) in [5.41, 5.74) is 2.56. The second-order valence-corrected chi connectivity index (χ2v) is 7.86. The molecule has 0 spiro atoms. The summed E-state index contributed by atoms with van der Waals surface area (Å²) in [5.74, 6) is -0.752. The van der Waals surface area contributed by atoms with Crippen molar-refractivity contribution in [3.8, 4) is 5.75 Å². The van der Waals surface area contributed by atoms with Gasteiger partial charge in [-0.2, -0.15) is 0 Å². The molecule has 0 aromatic heterocycles. The molecule has 0 unspecified atom stereocenters. The lowest BCUT2D eigenvalue weighted by atomic mass is 10.2. The van der Waals surface area contributed by atoms with Crippen molar-refractivity contribution in [2.75, 3.05) is 30.5 Å². The molecule has 0 bridgehead atoms. The van der Waals surface area contributed by atoms with E-state index in [0.29, 0.717) is 15.0 Å². The third-order valence-corrected chi connectivity index (χ3v) is 5.26. The topological polar surface area (TPSA) is 70.1 Å². The van der Waals surface area contributed by atoms with Crippen molar-refractivity contribution in [2.45, 2.75) is 0 Å². The zero-order chi connectivity index (χ0) is 20.3. The number of amides is 1. The Morgan fingerprint density at radius 1 is 1.18 bits per heavy atom. The van der Waals surface area contributed by atoms with E-state index < -0.39 is 12.6 Å². The summed E-state index contributed by atoms with van der Waals surface area (Å²) < 4.78 is 5.59. The molecule has 2 aromatic carbocycles. The SMILES string of the molecule is CN(C)c1ccc(N2C(=O)/C(=C\c3ccc(OCC(=O)O)cc3)SC2=S)cc1. The fourth-order valence-electron chi connectivity index (χ4n) is 2.55. The number of anilines is 2. The third kappa shape index (κ3) is 4.52. The Kier molecular flexibility index (Phi) is 6.01. The van der Waals surface area contributed by atoms with E-state index in [4.69, 9.17) is 22.1 Å². The van der Waals surface area contributed by atoms with Crippen molar-refractivity contribution >= 4 is 57.6 Å². The summed E-state index contributed by atoms with van der Waals surface area (Å²) in [7, 11) is 3.91. The summed E-state index contributed by atoms with van der Waals surface area (Å²) >= 11 is 6.65. The number of carbonyl (C=O) groups is 2. The van der Waals surface area contributed by atoms with Crippen LogP contribution in [-0.2, 0) is 9.59 Å². The number of benzene rings is 2. The van der Waals surface area contributed by atoms with E-state index in [1.807, 2.05) is 43.3 Å². The molecule has 1 aliphatic heterocycles. The van der Waals surface area contributed by atoms with E-state index in [0.717, 1.165) is 16.9 Å². The molecule has 1 amide bonds. The quantitative estimate of drug-likeness (QED) is 0.572. The van der Waals surface area contributed by atoms with Gasteiger partial charge in [-0.25, -0.2) is 4.79 Å². The predicted octanol–water partition coefficient (Wildman–Crippen LogP) is 3.62. The molecule has 144 valence electrons. The van der Waals surface area contributed by atoms with Crippen LogP contribution in [0.1, 0.15) is 5.56 Å². The van der Waals surface area contributed by atoms with Gasteiger partial charge in [0.15, 0.2) is 10.9 Å². The lowest BCUT2D eigenvalue weighted by Crippen LogP contribution is -2.27. The Labute approximate surface area is 172 Å². The minimum absolute atomic E-state index is 0.168. The van der Waals surface area contributed by atoms with Crippen LogP contribution in [0.4, 0.5) is 11.4 Å². The average Bonchev–Trinajstić information content (AvgIpc) is 2.94. The number of carboxylic acid groups (broad SMARTS) is 1. The van der Waals surface area contributed by atoms with E-state index in [1.165, 1.54) is 16.7 Å². The number of hydrogen-bond acceptors (Lipinski definition) is 6. The standard InChI is InChI=1S/C20H18N2O4S2/c1-21(2)14-5-7-15(8-6-14)22-19(25)17(28-20(22)27)11-13-3-9-16(10-4-13)26-12-18(23)24/h3-11H,12H2,1-2H3,(H,23,24)/b17-11+. The van der Waals surface area contributed by atoms with Gasteiger partial charge in [0.1, 0.15) is 5.75 Å². The van der Waals surface area contributed by atoms with E-state index >= 15 is 0 Å². The predicted molar refractivity (Wildman–Crippen MR) is 116 cm³/mol. The molecule has 1 fully saturated rings. The van der Waals surface area contributed by atoms with Crippen molar-refractivity contribution in [3.63, 3.8) is 0 Å². The maximum Gasteiger partial charge on any atom is 0.341 e. The first-order valence-electron chi connectivity index (χ1n) is 8.35. The zero-order valence-corrected chi connectivity index (χ0v) is 16.9. The van der Waals surface area contributed by atoms with Crippen LogP contribution >= 0.6 is 24.0 Å². The normalized spacial score (nSPS) is 15.2. The first kappa shape index (κ1) is 19.9. The number of ether oxygens (including phenoxy) is 1. The molecule has 28 heavy (non-hydrogen) atoms. The number of hydrogen-bond donors (Lipinski definition) is 1. The first-order valence-corrected chi connectivity index (χ1v) is 9.57. The number of rotatable bonds is 6. The van der Waals surface area contributed by atoms with Crippen molar-refractivity contribution in [1.29, 1.82) is 0 Å². The largest absolute Gasteiger partial charge is 0.482 e. The highest BCUT2D eigenvalue weighted by molar-refractivity contribution is 8.27. The van der Waals surface area contributed by atoms with Crippen LogP contribution in [0.2, 0.25) is 0 Å². The summed E-state index contributed by atoms with van der Waals surface area (Å²) in [6.07, 6.45) is 1.76. The molecule has 1 aliphatic rings. The zero-order valence-electron chi connectivity index (χ0n) is 15.3. The maximum atomic E-state index is 12.8. The molecule has 6 nitrogen and oxygen atoms in total. The molecule has 0 atom stereocenters. The Bertz CT molecular complexity index is 938. The number of carboxylic acids is 1. The summed E-state index contributed by atoms with van der Waals surface area (Å²) in [6.45, 7) is -0.398. The Morgan fingerprint density at radius 3 is 2.39 bits per heavy atom. The van der Waals surface area contributed by atoms with Crippen molar-refractivity contribution in [3.05, 3.63) is 59.0 Å². The minimum Gasteiger partial charge on any atom is -0.482 e. The van der Waals surface area contributed by atoms with Crippen LogP contribution < -0.4 is 14.5 Å². The van der Waals surface area contributed by atoms with Gasteiger partial charge in [-0.15, -0.1) is 0 Å². The van der Waals surface area contributed by atoms with Gasteiger partial charge >= 0.3 is 5.97 Å². The molecule has 3 rings (SSSR count). The van der Waals surface area contributed by atoms with Crippen molar-refractivity contribution < 1.29 is 19.4 Å². The first-order chi connectivity index (χ1) is 13.3. The fourth-order valence-corrected chi connectivity index (χ4v) is 3.85. The molecule has 8 heteroatoms. The van der Waals surface area contributed by atoms with Crippen LogP contribution in [0.25, 0.3) is 6.08 Å². The molecule has 0 saturated carbocycles. The van der Waals surface area contributed by atoms with Gasteiger partial charge < -0.3 is 14.7 Å². The number of nitrogens with zero attached hydrogens (tertiary/aromatic N) is 2. The van der Waals surface area contributed by atoms with Crippen LogP contribution in [0.3, 0.4) is 0 Å². The highest BCUT2D eigenvalue weighted by atomic mass is 32.2. The number of thiocarbonyl (C=S) groups is 1. The fraction of sp³-hybridized carbons (Fsp3) is 0.150. The number of thioether (sulfide) groups is 1. The molecule has 1 N–H and O–H groups in total. The van der Waals surface area contributed by atoms with Crippen LogP contribution in [0.5, 0.6) is 5.75 Å². The van der Waals surface area contributed by atoms with E-state index in [1.54, 1.807) is 30.3 Å². The summed E-state index contributed by atoms with van der Waals surface area (Å²) in [4.78, 5) is 27.4. The minimum atomic E-state index is -1.04. The van der Waals surface area contributed by atoms with Crippen LogP contribution in [-0.4, -0.2) is 42.0 Å². The monoisotopic (exact) mass is 414 g/mol. The molecule has 0 radical (unpaired) electrons. The molecular formula is C20H18N2O4S2. The van der Waals surface area contributed by atoms with Crippen molar-refractivity contribution in [1.82, 2.24) is 0 Å². The Hall–Kier alpha value is -2.84.